The van der Waals surface area contributed by atoms with Crippen molar-refractivity contribution in [3.63, 3.8) is 0 Å². The van der Waals surface area contributed by atoms with Gasteiger partial charge in [-0.1, -0.05) is 36.7 Å². The van der Waals surface area contributed by atoms with Gasteiger partial charge in [0.2, 0.25) is 11.8 Å². The molecule has 4 heterocycles. The molecule has 3 aromatic carbocycles. The molecule has 2 saturated heterocycles. The number of nitrogens with two attached hydrogens (primary N) is 1. The summed E-state index contributed by atoms with van der Waals surface area (Å²) in [6, 6.07) is 16.8. The van der Waals surface area contributed by atoms with E-state index >= 15 is 0 Å². The minimum atomic E-state index is -4.81. The SMILES string of the molecule is CC(C)(C)OC(=O)NC1(C(=O)NCc2ccc(Cl)cc2)CCN(c2ncnc3[nH]ccc23)CC1.CCN1CCN(C(=O)CCOCCB(C#N)Cc2cc(N)ccc2OCc2ccc(F)c(C(F)(F)F)c2)CC1. The highest BCUT2D eigenvalue weighted by atomic mass is 35.5. The van der Waals surface area contributed by atoms with Crippen molar-refractivity contribution in [2.45, 2.75) is 90.1 Å². The Bertz CT molecular complexity index is 2680. The number of nitriles is 1. The molecule has 5 aromatic rings. The Kier molecular flexibility index (Phi) is 19.3. The zero-order valence-electron chi connectivity index (χ0n) is 41.5. The molecule has 7 rings (SSSR count). The zero-order chi connectivity index (χ0) is 52.8. The van der Waals surface area contributed by atoms with Gasteiger partial charge in [-0.2, -0.15) is 13.2 Å². The van der Waals surface area contributed by atoms with Crippen molar-refractivity contribution in [3.8, 4) is 11.7 Å². The van der Waals surface area contributed by atoms with Crippen LogP contribution in [0.2, 0.25) is 11.3 Å². The number of ether oxygens (including phenoxy) is 3. The van der Waals surface area contributed by atoms with Crippen LogP contribution < -0.4 is 26.0 Å². The molecule has 0 saturated carbocycles. The molecule has 73 heavy (non-hydrogen) atoms. The number of amides is 3. The van der Waals surface area contributed by atoms with E-state index in [1.54, 1.807) is 51.1 Å². The van der Waals surface area contributed by atoms with Gasteiger partial charge in [-0.25, -0.2) is 24.4 Å². The van der Waals surface area contributed by atoms with E-state index < -0.39 is 41.5 Å². The number of carbonyl (C=O) groups is 3. The summed E-state index contributed by atoms with van der Waals surface area (Å²) in [5.41, 5.74) is 5.68. The lowest BCUT2D eigenvalue weighted by Gasteiger charge is -2.41. The van der Waals surface area contributed by atoms with Gasteiger partial charge in [0.25, 0.3) is 6.71 Å². The summed E-state index contributed by atoms with van der Waals surface area (Å²) in [6.45, 7) is 12.9. The molecule has 2 aliphatic rings. The Morgan fingerprint density at radius 1 is 0.945 bits per heavy atom. The number of fused-ring (bicyclic) bond motifs is 1. The summed E-state index contributed by atoms with van der Waals surface area (Å²) in [4.78, 5) is 56.5. The van der Waals surface area contributed by atoms with Crippen LogP contribution in [-0.4, -0.2) is 120 Å². The molecule has 2 aliphatic heterocycles. The van der Waals surface area contributed by atoms with Crippen LogP contribution in [0.25, 0.3) is 11.0 Å². The average Bonchev–Trinajstić information content (AvgIpc) is 3.85. The maximum atomic E-state index is 13.6. The van der Waals surface area contributed by atoms with E-state index in [0.29, 0.717) is 67.4 Å². The second-order valence-corrected chi connectivity index (χ2v) is 19.3. The number of H-pyrrole nitrogens is 1. The highest BCUT2D eigenvalue weighted by Crippen LogP contribution is 2.33. The highest BCUT2D eigenvalue weighted by molar-refractivity contribution is 6.66. The number of benzene rings is 3. The Morgan fingerprint density at radius 2 is 1.66 bits per heavy atom. The third kappa shape index (κ3) is 16.2. The van der Waals surface area contributed by atoms with Crippen molar-refractivity contribution in [1.29, 1.82) is 5.26 Å². The lowest BCUT2D eigenvalue weighted by Crippen LogP contribution is -2.63. The monoisotopic (exact) mass is 1030 g/mol. The fourth-order valence-corrected chi connectivity index (χ4v) is 8.58. The number of carbonyl (C=O) groups excluding carboxylic acids is 3. The van der Waals surface area contributed by atoms with Crippen LogP contribution in [0.3, 0.4) is 0 Å². The van der Waals surface area contributed by atoms with Crippen LogP contribution in [0.15, 0.2) is 79.3 Å². The molecule has 0 radical (unpaired) electrons. The van der Waals surface area contributed by atoms with Crippen LogP contribution in [0.4, 0.5) is 33.9 Å². The largest absolute Gasteiger partial charge is 0.489 e. The van der Waals surface area contributed by atoms with Crippen LogP contribution >= 0.6 is 11.6 Å². The number of nitrogen functional groups attached to an aromatic ring is 1. The van der Waals surface area contributed by atoms with E-state index in [2.05, 4.69) is 48.3 Å². The van der Waals surface area contributed by atoms with E-state index in [1.807, 2.05) is 29.3 Å². The number of piperazine rings is 1. The smallest absolute Gasteiger partial charge is 0.419 e. The quantitative estimate of drug-likeness (QED) is 0.0303. The number of nitrogens with one attached hydrogen (secondary N) is 3. The number of aromatic nitrogens is 3. The highest BCUT2D eigenvalue weighted by Gasteiger charge is 2.44. The summed E-state index contributed by atoms with van der Waals surface area (Å²) in [6.07, 6.45) is -0.290. The van der Waals surface area contributed by atoms with Crippen molar-refractivity contribution in [2.24, 2.45) is 0 Å². The second kappa shape index (κ2) is 25.4. The Morgan fingerprint density at radius 3 is 2.33 bits per heavy atom. The Labute approximate surface area is 428 Å². The maximum absolute atomic E-state index is 13.6. The third-order valence-electron chi connectivity index (χ3n) is 12.5. The van der Waals surface area contributed by atoms with Crippen molar-refractivity contribution in [1.82, 2.24) is 35.4 Å². The van der Waals surface area contributed by atoms with E-state index in [-0.39, 0.29) is 43.3 Å². The molecule has 16 nitrogen and oxygen atoms in total. The first-order valence-electron chi connectivity index (χ1n) is 24.2. The van der Waals surface area contributed by atoms with Gasteiger partial charge in [0, 0.05) is 75.3 Å². The molecule has 3 amide bonds. The van der Waals surface area contributed by atoms with Gasteiger partial charge in [0.05, 0.1) is 24.0 Å². The molecule has 0 spiro atoms. The molecule has 390 valence electrons. The number of alkyl carbamates (subject to hydrolysis) is 1. The molecule has 22 heteroatoms. The topological polar surface area (TPSA) is 204 Å². The first-order chi connectivity index (χ1) is 34.8. The molecule has 0 bridgehead atoms. The number of piperidine rings is 1. The fourth-order valence-electron chi connectivity index (χ4n) is 8.45. The number of nitrogens with zero attached hydrogens (tertiary/aromatic N) is 6. The molecular weight excluding hydrogens is 971 g/mol. The van der Waals surface area contributed by atoms with Gasteiger partial charge in [-0.15, -0.1) is 0 Å². The molecule has 0 atom stereocenters. The maximum Gasteiger partial charge on any atom is 0.419 e. The van der Waals surface area contributed by atoms with E-state index in [4.69, 9.17) is 31.5 Å². The Balaban J connectivity index is 0.000000240. The first-order valence-corrected chi connectivity index (χ1v) is 24.5. The van der Waals surface area contributed by atoms with Gasteiger partial charge in [-0.3, -0.25) is 9.59 Å². The fraction of sp³-hybridized carbons (Fsp3) is 0.451. The van der Waals surface area contributed by atoms with Crippen molar-refractivity contribution in [2.75, 3.05) is 69.7 Å². The van der Waals surface area contributed by atoms with Crippen molar-refractivity contribution < 1.29 is 46.2 Å². The van der Waals surface area contributed by atoms with Crippen LogP contribution in [-0.2, 0) is 44.7 Å². The normalized spacial score (nSPS) is 14.9. The number of aromatic amines is 1. The van der Waals surface area contributed by atoms with Gasteiger partial charge < -0.3 is 50.3 Å². The predicted molar refractivity (Wildman–Crippen MR) is 271 cm³/mol. The van der Waals surface area contributed by atoms with Crippen LogP contribution in [0.5, 0.6) is 5.75 Å². The standard InChI is InChI=1S/C27H33BF4N4O3.C24H29ClN6O3/c1-2-35-9-11-36(12-10-35)26(37)7-13-38-14-8-28(19-33)17-21-16-22(34)4-6-25(21)39-18-20-3-5-24(29)23(15-20)27(30,31)32;1-23(2,3)34-22(33)30-24(21(32)27-14-16-4-6-17(25)7-5-16)9-12-31(13-10-24)20-18-8-11-26-19(18)28-15-29-20/h3-6,15-16H,2,7-14,17-18,34H2,1H3;4-8,11,15H,9-10,12-14H2,1-3H3,(H,27,32)(H,30,33)(H,26,28,29). The molecule has 2 fully saturated rings. The number of likely N-dealkylation sites (N-methyl/N-ethyl adjacent to an activating group) is 1. The van der Waals surface area contributed by atoms with Crippen LogP contribution in [0.1, 0.15) is 69.2 Å². The predicted octanol–water partition coefficient (Wildman–Crippen LogP) is 8.01. The number of alkyl halides is 3. The zero-order valence-corrected chi connectivity index (χ0v) is 42.3. The van der Waals surface area contributed by atoms with Gasteiger partial charge in [0.1, 0.15) is 47.1 Å². The van der Waals surface area contributed by atoms with E-state index in [9.17, 15) is 37.2 Å². The van der Waals surface area contributed by atoms with E-state index in [0.717, 1.165) is 67.3 Å². The number of hydrogen-bond donors (Lipinski definition) is 4. The number of anilines is 2. The lowest BCUT2D eigenvalue weighted by atomic mass is 9.45. The van der Waals surface area contributed by atoms with Gasteiger partial charge >= 0.3 is 12.3 Å². The molecule has 2 aromatic heterocycles. The third-order valence-corrected chi connectivity index (χ3v) is 12.7. The van der Waals surface area contributed by atoms with E-state index in [1.165, 1.54) is 12.4 Å². The van der Waals surface area contributed by atoms with Crippen LogP contribution in [0, 0.1) is 17.0 Å². The summed E-state index contributed by atoms with van der Waals surface area (Å²) >= 11 is 5.96. The summed E-state index contributed by atoms with van der Waals surface area (Å²) < 4.78 is 69.5. The van der Waals surface area contributed by atoms with Crippen molar-refractivity contribution in [3.05, 3.63) is 112 Å². The van der Waals surface area contributed by atoms with Crippen molar-refractivity contribution >= 4 is 58.8 Å². The number of halogens is 5. The average molecular weight is 1030 g/mol. The first kappa shape index (κ1) is 55.7. The number of hydrogen-bond acceptors (Lipinski definition) is 12. The number of rotatable bonds is 17. The minimum absolute atomic E-state index is 0.0626. The molecule has 0 unspecified atom stereocenters. The Hall–Kier alpha value is -6.63. The molecule has 0 aliphatic carbocycles. The second-order valence-electron chi connectivity index (χ2n) is 18.9. The van der Waals surface area contributed by atoms with Gasteiger partial charge in [-0.05, 0) is 118 Å². The summed E-state index contributed by atoms with van der Waals surface area (Å²) in [5, 5.41) is 17.1. The lowest BCUT2D eigenvalue weighted by molar-refractivity contribution is -0.140. The minimum Gasteiger partial charge on any atom is -0.489 e. The summed E-state index contributed by atoms with van der Waals surface area (Å²) in [7, 11) is 0. The molecule has 5 N–H and O–H groups in total. The molecular formula is C51H62BClF4N10O6. The van der Waals surface area contributed by atoms with Gasteiger partial charge in [0.15, 0.2) is 0 Å². The summed E-state index contributed by atoms with van der Waals surface area (Å²) in [5.74, 6) is 1.88.